The number of nitrogens with zero attached hydrogens (tertiary/aromatic N) is 1. The van der Waals surface area contributed by atoms with Gasteiger partial charge in [0.1, 0.15) is 11.4 Å². The van der Waals surface area contributed by atoms with Gasteiger partial charge in [-0.2, -0.15) is 0 Å². The van der Waals surface area contributed by atoms with Crippen LogP contribution in [0.25, 0.3) is 0 Å². The second-order valence-electron chi connectivity index (χ2n) is 6.08. The second kappa shape index (κ2) is 5.62. The molecule has 0 bridgehead atoms. The van der Waals surface area contributed by atoms with E-state index in [4.69, 9.17) is 5.73 Å². The first-order chi connectivity index (χ1) is 10.1. The van der Waals surface area contributed by atoms with Gasteiger partial charge in [-0.25, -0.2) is 8.78 Å². The van der Waals surface area contributed by atoms with Crippen LogP contribution in [-0.2, 0) is 0 Å². The molecule has 5 heteroatoms. The zero-order valence-corrected chi connectivity index (χ0v) is 11.9. The van der Waals surface area contributed by atoms with Crippen LogP contribution in [0.15, 0.2) is 12.1 Å². The number of benzene rings is 1. The molecule has 0 spiro atoms. The molecule has 1 aliphatic heterocycles. The van der Waals surface area contributed by atoms with E-state index in [1.165, 1.54) is 12.8 Å². The maximum Gasteiger partial charge on any atom is 0.260 e. The first kappa shape index (κ1) is 14.3. The van der Waals surface area contributed by atoms with E-state index in [1.54, 1.807) is 4.90 Å². The average molecular weight is 294 g/mol. The van der Waals surface area contributed by atoms with Crippen LogP contribution >= 0.6 is 0 Å². The fourth-order valence-corrected chi connectivity index (χ4v) is 3.79. The molecule has 1 aliphatic carbocycles. The van der Waals surface area contributed by atoms with Crippen molar-refractivity contribution in [1.82, 2.24) is 4.90 Å². The number of anilines is 1. The molecule has 1 aromatic carbocycles. The number of rotatable bonds is 2. The lowest BCUT2D eigenvalue weighted by Gasteiger charge is -2.29. The molecule has 114 valence electrons. The van der Waals surface area contributed by atoms with Crippen molar-refractivity contribution in [1.29, 1.82) is 0 Å². The summed E-state index contributed by atoms with van der Waals surface area (Å²) >= 11 is 0. The molecule has 2 fully saturated rings. The van der Waals surface area contributed by atoms with Gasteiger partial charge in [0, 0.05) is 12.6 Å². The Morgan fingerprint density at radius 2 is 1.86 bits per heavy atom. The number of carbonyl (C=O) groups is 1. The van der Waals surface area contributed by atoms with Crippen LogP contribution in [0.3, 0.4) is 0 Å². The smallest absolute Gasteiger partial charge is 0.260 e. The van der Waals surface area contributed by atoms with Crippen LogP contribution in [-0.4, -0.2) is 23.4 Å². The lowest BCUT2D eigenvalue weighted by molar-refractivity contribution is 0.0679. The van der Waals surface area contributed by atoms with Crippen LogP contribution < -0.4 is 5.73 Å². The molecule has 1 saturated carbocycles. The van der Waals surface area contributed by atoms with Crippen LogP contribution in [0, 0.1) is 17.6 Å². The SMILES string of the molecule is Nc1ccc(F)c(C(=O)N2CCCC2C2CCCC2)c1F. The van der Waals surface area contributed by atoms with E-state index in [-0.39, 0.29) is 11.7 Å². The number of nitrogen functional groups attached to an aromatic ring is 1. The summed E-state index contributed by atoms with van der Waals surface area (Å²) in [6.07, 6.45) is 6.42. The van der Waals surface area contributed by atoms with Crippen LogP contribution in [0.2, 0.25) is 0 Å². The van der Waals surface area contributed by atoms with E-state index in [0.29, 0.717) is 12.5 Å². The van der Waals surface area contributed by atoms with Crippen molar-refractivity contribution in [2.24, 2.45) is 5.92 Å². The third kappa shape index (κ3) is 2.49. The van der Waals surface area contributed by atoms with Crippen molar-refractivity contribution in [2.75, 3.05) is 12.3 Å². The minimum atomic E-state index is -0.933. The highest BCUT2D eigenvalue weighted by atomic mass is 19.1. The minimum Gasteiger partial charge on any atom is -0.396 e. The summed E-state index contributed by atoms with van der Waals surface area (Å²) in [5.74, 6) is -1.84. The molecule has 21 heavy (non-hydrogen) atoms. The van der Waals surface area contributed by atoms with E-state index in [9.17, 15) is 13.6 Å². The van der Waals surface area contributed by atoms with Crippen molar-refractivity contribution in [3.05, 3.63) is 29.3 Å². The van der Waals surface area contributed by atoms with Gasteiger partial charge in [0.25, 0.3) is 5.91 Å². The molecule has 1 unspecified atom stereocenters. The Morgan fingerprint density at radius 1 is 1.14 bits per heavy atom. The van der Waals surface area contributed by atoms with Crippen molar-refractivity contribution in [2.45, 2.75) is 44.6 Å². The van der Waals surface area contributed by atoms with Gasteiger partial charge >= 0.3 is 0 Å². The Kier molecular flexibility index (Phi) is 3.83. The normalized spacial score (nSPS) is 23.0. The molecule has 1 heterocycles. The molecule has 1 saturated heterocycles. The third-order valence-electron chi connectivity index (χ3n) is 4.84. The van der Waals surface area contributed by atoms with Crippen molar-refractivity contribution >= 4 is 11.6 Å². The van der Waals surface area contributed by atoms with Gasteiger partial charge in [0.05, 0.1) is 5.69 Å². The summed E-state index contributed by atoms with van der Waals surface area (Å²) < 4.78 is 28.0. The number of amides is 1. The molecule has 0 aromatic heterocycles. The maximum atomic E-state index is 14.1. The van der Waals surface area contributed by atoms with Crippen LogP contribution in [0.1, 0.15) is 48.9 Å². The molecule has 0 radical (unpaired) electrons. The maximum absolute atomic E-state index is 14.1. The number of halogens is 2. The Balaban J connectivity index is 1.89. The molecule has 2 aliphatic rings. The van der Waals surface area contributed by atoms with E-state index in [0.717, 1.165) is 37.8 Å². The molecule has 3 nitrogen and oxygen atoms in total. The first-order valence-electron chi connectivity index (χ1n) is 7.64. The summed E-state index contributed by atoms with van der Waals surface area (Å²) in [6, 6.07) is 2.34. The van der Waals surface area contributed by atoms with Gasteiger partial charge in [-0.15, -0.1) is 0 Å². The predicted octanol–water partition coefficient (Wildman–Crippen LogP) is 3.34. The second-order valence-corrected chi connectivity index (χ2v) is 6.08. The van der Waals surface area contributed by atoms with Gasteiger partial charge in [-0.05, 0) is 43.7 Å². The number of hydrogen-bond acceptors (Lipinski definition) is 2. The van der Waals surface area contributed by atoms with Crippen LogP contribution in [0.5, 0.6) is 0 Å². The lowest BCUT2D eigenvalue weighted by atomic mass is 9.95. The zero-order chi connectivity index (χ0) is 15.0. The van der Waals surface area contributed by atoms with Crippen LogP contribution in [0.4, 0.5) is 14.5 Å². The monoisotopic (exact) mass is 294 g/mol. The van der Waals surface area contributed by atoms with E-state index < -0.39 is 23.1 Å². The third-order valence-corrected chi connectivity index (χ3v) is 4.84. The molecular formula is C16H20F2N2O. The van der Waals surface area contributed by atoms with Gasteiger partial charge in [0.15, 0.2) is 5.82 Å². The molecular weight excluding hydrogens is 274 g/mol. The molecule has 3 rings (SSSR count). The van der Waals surface area contributed by atoms with Gasteiger partial charge < -0.3 is 10.6 Å². The number of likely N-dealkylation sites (tertiary alicyclic amines) is 1. The highest BCUT2D eigenvalue weighted by Crippen LogP contribution is 2.36. The number of nitrogens with two attached hydrogens (primary N) is 1. The summed E-state index contributed by atoms with van der Waals surface area (Å²) in [6.45, 7) is 0.577. The fraction of sp³-hybridized carbons (Fsp3) is 0.562. The van der Waals surface area contributed by atoms with E-state index >= 15 is 0 Å². The van der Waals surface area contributed by atoms with E-state index in [1.807, 2.05) is 0 Å². The van der Waals surface area contributed by atoms with E-state index in [2.05, 4.69) is 0 Å². The highest BCUT2D eigenvalue weighted by Gasteiger charge is 2.38. The topological polar surface area (TPSA) is 46.3 Å². The standard InChI is InChI=1S/C16H20F2N2O/c17-11-7-8-12(19)15(18)14(11)16(21)20-9-3-6-13(20)10-4-1-2-5-10/h7-8,10,13H,1-6,9,19H2. The Morgan fingerprint density at radius 3 is 2.57 bits per heavy atom. The Bertz CT molecular complexity index is 555. The largest absolute Gasteiger partial charge is 0.396 e. The Hall–Kier alpha value is -1.65. The molecule has 1 amide bonds. The summed E-state index contributed by atoms with van der Waals surface area (Å²) in [5, 5.41) is 0. The number of carbonyl (C=O) groups excluding carboxylic acids is 1. The lowest BCUT2D eigenvalue weighted by Crippen LogP contribution is -2.40. The fourth-order valence-electron chi connectivity index (χ4n) is 3.79. The molecule has 1 atom stereocenters. The van der Waals surface area contributed by atoms with Gasteiger partial charge in [-0.3, -0.25) is 4.79 Å². The summed E-state index contributed by atoms with van der Waals surface area (Å²) in [5.41, 5.74) is 4.79. The quantitative estimate of drug-likeness (QED) is 0.850. The highest BCUT2D eigenvalue weighted by molar-refractivity contribution is 5.96. The predicted molar refractivity (Wildman–Crippen MR) is 76.8 cm³/mol. The summed E-state index contributed by atoms with van der Waals surface area (Å²) in [4.78, 5) is 14.3. The molecule has 1 aromatic rings. The average Bonchev–Trinajstić information content (AvgIpc) is 3.12. The zero-order valence-electron chi connectivity index (χ0n) is 11.9. The summed E-state index contributed by atoms with van der Waals surface area (Å²) in [7, 11) is 0. The Labute approximate surface area is 123 Å². The van der Waals surface area contributed by atoms with Gasteiger partial charge in [0.2, 0.25) is 0 Å². The van der Waals surface area contributed by atoms with Gasteiger partial charge in [-0.1, -0.05) is 12.8 Å². The first-order valence-corrected chi connectivity index (χ1v) is 7.64. The van der Waals surface area contributed by atoms with Crippen molar-refractivity contribution < 1.29 is 13.6 Å². The van der Waals surface area contributed by atoms with Crippen molar-refractivity contribution in [3.63, 3.8) is 0 Å². The minimum absolute atomic E-state index is 0.125. The number of hydrogen-bond donors (Lipinski definition) is 1. The van der Waals surface area contributed by atoms with Crippen molar-refractivity contribution in [3.8, 4) is 0 Å². The molecule has 2 N–H and O–H groups in total.